The summed E-state index contributed by atoms with van der Waals surface area (Å²) in [6, 6.07) is 19.4. The number of pyridine rings is 1. The van der Waals surface area contributed by atoms with Gasteiger partial charge in [0.1, 0.15) is 0 Å². The van der Waals surface area contributed by atoms with E-state index in [1.807, 2.05) is 42.5 Å². The fourth-order valence-corrected chi connectivity index (χ4v) is 3.43. The fraction of sp³-hybridized carbons (Fsp3) is 0.150. The third-order valence-electron chi connectivity index (χ3n) is 4.05. The van der Waals surface area contributed by atoms with E-state index in [9.17, 15) is 5.11 Å². The third-order valence-corrected chi connectivity index (χ3v) is 4.61. The largest absolute Gasteiger partial charge is 0.392 e. The highest BCUT2D eigenvalue weighted by molar-refractivity contribution is 6.35. The van der Waals surface area contributed by atoms with E-state index in [0.717, 1.165) is 23.2 Å². The zero-order valence-electron chi connectivity index (χ0n) is 13.0. The number of hydrogen-bond acceptors (Lipinski definition) is 2. The van der Waals surface area contributed by atoms with Gasteiger partial charge in [-0.1, -0.05) is 65.7 Å². The number of halogens is 2. The first-order chi connectivity index (χ1) is 11.7. The molecule has 0 spiro atoms. The van der Waals surface area contributed by atoms with Gasteiger partial charge in [-0.2, -0.15) is 0 Å². The van der Waals surface area contributed by atoms with Crippen LogP contribution in [0.15, 0.2) is 66.9 Å². The van der Waals surface area contributed by atoms with Crippen LogP contribution in [0.5, 0.6) is 0 Å². The number of rotatable bonds is 5. The van der Waals surface area contributed by atoms with Gasteiger partial charge in [0.05, 0.1) is 12.3 Å². The predicted molar refractivity (Wildman–Crippen MR) is 98.6 cm³/mol. The average molecular weight is 358 g/mol. The topological polar surface area (TPSA) is 33.1 Å². The molecule has 0 aliphatic heterocycles. The quantitative estimate of drug-likeness (QED) is 0.675. The summed E-state index contributed by atoms with van der Waals surface area (Å²) in [5, 5.41) is 10.9. The standard InChI is InChI=1S/C20H17Cl2NO/c21-16-8-9-17(19(22)12-16)18(11-14-5-2-1-3-6-14)20-15(13-24)7-4-10-23-20/h1-10,12,18,24H,11,13H2. The fourth-order valence-electron chi connectivity index (χ4n) is 2.89. The predicted octanol–water partition coefficient (Wildman–Crippen LogP) is 5.26. The second-order valence-corrected chi connectivity index (χ2v) is 6.46. The van der Waals surface area contributed by atoms with Crippen molar-refractivity contribution >= 4 is 23.2 Å². The maximum atomic E-state index is 9.70. The zero-order valence-corrected chi connectivity index (χ0v) is 14.5. The minimum Gasteiger partial charge on any atom is -0.392 e. The molecule has 0 fully saturated rings. The maximum Gasteiger partial charge on any atom is 0.0699 e. The summed E-state index contributed by atoms with van der Waals surface area (Å²) < 4.78 is 0. The first kappa shape index (κ1) is 17.0. The van der Waals surface area contributed by atoms with Gasteiger partial charge in [-0.3, -0.25) is 4.98 Å². The minimum absolute atomic E-state index is 0.0551. The van der Waals surface area contributed by atoms with Gasteiger partial charge in [0, 0.05) is 22.2 Å². The number of nitrogens with zero attached hydrogens (tertiary/aromatic N) is 1. The molecule has 0 bridgehead atoms. The Morgan fingerprint density at radius 1 is 0.958 bits per heavy atom. The van der Waals surface area contributed by atoms with E-state index < -0.39 is 0 Å². The van der Waals surface area contributed by atoms with Crippen molar-refractivity contribution in [3.05, 3.63) is 99.3 Å². The molecule has 0 aliphatic rings. The van der Waals surface area contributed by atoms with Crippen molar-refractivity contribution in [3.63, 3.8) is 0 Å². The zero-order chi connectivity index (χ0) is 16.9. The van der Waals surface area contributed by atoms with E-state index in [-0.39, 0.29) is 12.5 Å². The van der Waals surface area contributed by atoms with E-state index in [1.54, 1.807) is 12.3 Å². The summed E-state index contributed by atoms with van der Waals surface area (Å²) in [4.78, 5) is 4.53. The van der Waals surface area contributed by atoms with Crippen LogP contribution in [0.4, 0.5) is 0 Å². The Kier molecular flexibility index (Phi) is 5.52. The monoisotopic (exact) mass is 357 g/mol. The summed E-state index contributed by atoms with van der Waals surface area (Å²) >= 11 is 12.5. The van der Waals surface area contributed by atoms with Crippen LogP contribution in [0.3, 0.4) is 0 Å². The van der Waals surface area contributed by atoms with Gasteiger partial charge in [-0.15, -0.1) is 0 Å². The van der Waals surface area contributed by atoms with Crippen molar-refractivity contribution in [1.82, 2.24) is 4.98 Å². The second-order valence-electron chi connectivity index (χ2n) is 5.61. The van der Waals surface area contributed by atoms with E-state index in [2.05, 4.69) is 17.1 Å². The Labute approximate surface area is 151 Å². The van der Waals surface area contributed by atoms with Crippen LogP contribution >= 0.6 is 23.2 Å². The molecule has 2 nitrogen and oxygen atoms in total. The third kappa shape index (κ3) is 3.78. The molecule has 24 heavy (non-hydrogen) atoms. The highest BCUT2D eigenvalue weighted by Gasteiger charge is 2.21. The van der Waals surface area contributed by atoms with Crippen LogP contribution in [0.2, 0.25) is 10.0 Å². The van der Waals surface area contributed by atoms with Gasteiger partial charge in [0.25, 0.3) is 0 Å². The van der Waals surface area contributed by atoms with Gasteiger partial charge >= 0.3 is 0 Å². The van der Waals surface area contributed by atoms with Gasteiger partial charge in [0.2, 0.25) is 0 Å². The summed E-state index contributed by atoms with van der Waals surface area (Å²) in [6.07, 6.45) is 2.49. The van der Waals surface area contributed by atoms with Crippen molar-refractivity contribution in [2.24, 2.45) is 0 Å². The van der Waals surface area contributed by atoms with E-state index in [0.29, 0.717) is 10.0 Å². The van der Waals surface area contributed by atoms with Crippen LogP contribution < -0.4 is 0 Å². The molecule has 0 radical (unpaired) electrons. The lowest BCUT2D eigenvalue weighted by atomic mass is 9.87. The Hall–Kier alpha value is -1.87. The number of hydrogen-bond donors (Lipinski definition) is 1. The Morgan fingerprint density at radius 2 is 1.75 bits per heavy atom. The molecule has 122 valence electrons. The van der Waals surface area contributed by atoms with Gasteiger partial charge < -0.3 is 5.11 Å². The summed E-state index contributed by atoms with van der Waals surface area (Å²) in [5.74, 6) is -0.0551. The molecule has 3 aromatic rings. The van der Waals surface area contributed by atoms with E-state index in [4.69, 9.17) is 23.2 Å². The molecular weight excluding hydrogens is 341 g/mol. The van der Waals surface area contributed by atoms with Crippen LogP contribution in [0.1, 0.15) is 28.3 Å². The van der Waals surface area contributed by atoms with Crippen LogP contribution in [0.25, 0.3) is 0 Å². The molecule has 0 saturated heterocycles. The lowest BCUT2D eigenvalue weighted by molar-refractivity contribution is 0.279. The smallest absolute Gasteiger partial charge is 0.0699 e. The Bertz CT molecular complexity index is 821. The molecule has 4 heteroatoms. The average Bonchev–Trinajstić information content (AvgIpc) is 2.61. The Balaban J connectivity index is 2.10. The highest BCUT2D eigenvalue weighted by Crippen LogP contribution is 2.35. The molecular formula is C20H17Cl2NO. The number of aliphatic hydroxyl groups excluding tert-OH is 1. The molecule has 1 aromatic heterocycles. The van der Waals surface area contributed by atoms with Gasteiger partial charge in [-0.05, 0) is 41.3 Å². The molecule has 1 heterocycles. The van der Waals surface area contributed by atoms with E-state index in [1.165, 1.54) is 5.56 Å². The summed E-state index contributed by atoms with van der Waals surface area (Å²) in [6.45, 7) is -0.0559. The van der Waals surface area contributed by atoms with E-state index >= 15 is 0 Å². The van der Waals surface area contributed by atoms with Crippen molar-refractivity contribution in [2.45, 2.75) is 18.9 Å². The number of aromatic nitrogens is 1. The molecule has 1 atom stereocenters. The van der Waals surface area contributed by atoms with Crippen molar-refractivity contribution in [2.75, 3.05) is 0 Å². The molecule has 0 amide bonds. The number of benzene rings is 2. The van der Waals surface area contributed by atoms with Crippen LogP contribution in [-0.2, 0) is 13.0 Å². The second kappa shape index (κ2) is 7.80. The highest BCUT2D eigenvalue weighted by atomic mass is 35.5. The lowest BCUT2D eigenvalue weighted by Crippen LogP contribution is -2.11. The molecule has 2 aromatic carbocycles. The normalized spacial score (nSPS) is 12.1. The van der Waals surface area contributed by atoms with Gasteiger partial charge in [0.15, 0.2) is 0 Å². The van der Waals surface area contributed by atoms with Crippen molar-refractivity contribution in [3.8, 4) is 0 Å². The first-order valence-electron chi connectivity index (χ1n) is 7.72. The lowest BCUT2D eigenvalue weighted by Gasteiger charge is -2.21. The summed E-state index contributed by atoms with van der Waals surface area (Å²) in [5.41, 5.74) is 3.79. The Morgan fingerprint density at radius 3 is 2.46 bits per heavy atom. The maximum absolute atomic E-state index is 9.70. The molecule has 0 aliphatic carbocycles. The molecule has 0 saturated carbocycles. The SMILES string of the molecule is OCc1cccnc1C(Cc1ccccc1)c1ccc(Cl)cc1Cl. The summed E-state index contributed by atoms with van der Waals surface area (Å²) in [7, 11) is 0. The van der Waals surface area contributed by atoms with Crippen molar-refractivity contribution in [1.29, 1.82) is 0 Å². The van der Waals surface area contributed by atoms with Crippen molar-refractivity contribution < 1.29 is 5.11 Å². The number of aliphatic hydroxyl groups is 1. The molecule has 1 unspecified atom stereocenters. The molecule has 1 N–H and O–H groups in total. The minimum atomic E-state index is -0.0559. The molecule has 3 rings (SSSR count). The van der Waals surface area contributed by atoms with Crippen LogP contribution in [-0.4, -0.2) is 10.1 Å². The van der Waals surface area contributed by atoms with Gasteiger partial charge in [-0.25, -0.2) is 0 Å². The first-order valence-corrected chi connectivity index (χ1v) is 8.48. The van der Waals surface area contributed by atoms with Crippen LogP contribution in [0, 0.1) is 0 Å².